The van der Waals surface area contributed by atoms with E-state index in [0.717, 1.165) is 12.0 Å². The van der Waals surface area contributed by atoms with Gasteiger partial charge in [0.1, 0.15) is 0 Å². The van der Waals surface area contributed by atoms with Gasteiger partial charge in [-0.15, -0.1) is 0 Å². The lowest BCUT2D eigenvalue weighted by molar-refractivity contribution is -0.121. The van der Waals surface area contributed by atoms with Crippen LogP contribution in [0.3, 0.4) is 0 Å². The minimum atomic E-state index is -0.222. The van der Waals surface area contributed by atoms with E-state index >= 15 is 0 Å². The second-order valence-corrected chi connectivity index (χ2v) is 5.40. The third-order valence-electron chi connectivity index (χ3n) is 3.85. The van der Waals surface area contributed by atoms with E-state index in [0.29, 0.717) is 12.1 Å². The second-order valence-electron chi connectivity index (χ2n) is 5.40. The summed E-state index contributed by atoms with van der Waals surface area (Å²) in [5.41, 5.74) is 2.78. The number of benzene rings is 2. The summed E-state index contributed by atoms with van der Waals surface area (Å²) in [6.07, 6.45) is 1.08. The Morgan fingerprint density at radius 1 is 1.05 bits per heavy atom. The minimum Gasteiger partial charge on any atom is -0.356 e. The lowest BCUT2D eigenvalue weighted by Crippen LogP contribution is -2.30. The summed E-state index contributed by atoms with van der Waals surface area (Å²) in [5.74, 6) is -0.143. The highest BCUT2D eigenvalue weighted by Crippen LogP contribution is 2.27. The van der Waals surface area contributed by atoms with E-state index in [4.69, 9.17) is 0 Å². The highest BCUT2D eigenvalue weighted by atomic mass is 16.2. The molecule has 0 saturated carbocycles. The molecule has 0 bridgehead atoms. The molecule has 0 radical (unpaired) electrons. The van der Waals surface area contributed by atoms with E-state index in [-0.39, 0.29) is 24.3 Å². The van der Waals surface area contributed by atoms with E-state index in [2.05, 4.69) is 10.6 Å². The van der Waals surface area contributed by atoms with Crippen LogP contribution in [0.5, 0.6) is 0 Å². The molecule has 112 valence electrons. The SMILES string of the molecule is O=C(CC1NC(=O)c2ccccc21)NCCc1ccccc1. The number of nitrogens with one attached hydrogen (secondary N) is 2. The van der Waals surface area contributed by atoms with Crippen molar-refractivity contribution in [3.63, 3.8) is 0 Å². The van der Waals surface area contributed by atoms with E-state index < -0.39 is 0 Å². The summed E-state index contributed by atoms with van der Waals surface area (Å²) in [4.78, 5) is 23.9. The van der Waals surface area contributed by atoms with Gasteiger partial charge < -0.3 is 10.6 Å². The van der Waals surface area contributed by atoms with Crippen molar-refractivity contribution in [3.05, 3.63) is 71.3 Å². The van der Waals surface area contributed by atoms with Crippen molar-refractivity contribution >= 4 is 11.8 Å². The smallest absolute Gasteiger partial charge is 0.252 e. The van der Waals surface area contributed by atoms with Gasteiger partial charge in [-0.05, 0) is 23.6 Å². The lowest BCUT2D eigenvalue weighted by atomic mass is 10.0. The molecule has 0 spiro atoms. The van der Waals surface area contributed by atoms with Crippen LogP contribution in [-0.4, -0.2) is 18.4 Å². The molecule has 4 nitrogen and oxygen atoms in total. The maximum atomic E-state index is 12.0. The Morgan fingerprint density at radius 3 is 2.59 bits per heavy atom. The Morgan fingerprint density at radius 2 is 1.77 bits per heavy atom. The largest absolute Gasteiger partial charge is 0.356 e. The van der Waals surface area contributed by atoms with Gasteiger partial charge in [0.25, 0.3) is 5.91 Å². The van der Waals surface area contributed by atoms with Gasteiger partial charge in [-0.3, -0.25) is 9.59 Å². The first kappa shape index (κ1) is 14.3. The van der Waals surface area contributed by atoms with Crippen molar-refractivity contribution in [1.29, 1.82) is 0 Å². The zero-order valence-electron chi connectivity index (χ0n) is 12.2. The van der Waals surface area contributed by atoms with Crippen LogP contribution < -0.4 is 10.6 Å². The summed E-state index contributed by atoms with van der Waals surface area (Å²) >= 11 is 0. The number of amides is 2. The van der Waals surface area contributed by atoms with Crippen molar-refractivity contribution in [2.75, 3.05) is 6.54 Å². The van der Waals surface area contributed by atoms with Crippen molar-refractivity contribution in [1.82, 2.24) is 10.6 Å². The molecule has 1 aliphatic rings. The lowest BCUT2D eigenvalue weighted by Gasteiger charge is -2.12. The van der Waals surface area contributed by atoms with E-state index in [1.165, 1.54) is 5.56 Å². The van der Waals surface area contributed by atoms with Gasteiger partial charge in [-0.2, -0.15) is 0 Å². The standard InChI is InChI=1S/C18H18N2O2/c21-17(19-11-10-13-6-2-1-3-7-13)12-16-14-8-4-5-9-15(14)18(22)20-16/h1-9,16H,10-12H2,(H,19,21)(H,20,22). The van der Waals surface area contributed by atoms with Gasteiger partial charge in [-0.1, -0.05) is 48.5 Å². The number of hydrogen-bond acceptors (Lipinski definition) is 2. The van der Waals surface area contributed by atoms with Crippen LogP contribution in [0.1, 0.15) is 33.9 Å². The highest BCUT2D eigenvalue weighted by Gasteiger charge is 2.29. The van der Waals surface area contributed by atoms with Crippen LogP contribution in [0.4, 0.5) is 0 Å². The first-order valence-corrected chi connectivity index (χ1v) is 7.44. The van der Waals surface area contributed by atoms with E-state index in [1.807, 2.05) is 48.5 Å². The average Bonchev–Trinajstić information content (AvgIpc) is 2.85. The van der Waals surface area contributed by atoms with Crippen LogP contribution in [-0.2, 0) is 11.2 Å². The number of carbonyl (C=O) groups excluding carboxylic acids is 2. The fourth-order valence-corrected chi connectivity index (χ4v) is 2.73. The molecule has 1 aliphatic heterocycles. The van der Waals surface area contributed by atoms with Gasteiger partial charge in [-0.25, -0.2) is 0 Å². The zero-order chi connectivity index (χ0) is 15.4. The number of carbonyl (C=O) groups is 2. The maximum Gasteiger partial charge on any atom is 0.252 e. The third kappa shape index (κ3) is 3.17. The fourth-order valence-electron chi connectivity index (χ4n) is 2.73. The normalized spacial score (nSPS) is 16.0. The first-order valence-electron chi connectivity index (χ1n) is 7.44. The van der Waals surface area contributed by atoms with Gasteiger partial charge >= 0.3 is 0 Å². The second kappa shape index (κ2) is 6.43. The van der Waals surface area contributed by atoms with Crippen LogP contribution >= 0.6 is 0 Å². The van der Waals surface area contributed by atoms with Crippen molar-refractivity contribution < 1.29 is 9.59 Å². The molecule has 0 saturated heterocycles. The summed E-state index contributed by atoms with van der Waals surface area (Å²) in [7, 11) is 0. The summed E-state index contributed by atoms with van der Waals surface area (Å²) in [6, 6.07) is 17.2. The van der Waals surface area contributed by atoms with Crippen molar-refractivity contribution in [3.8, 4) is 0 Å². The Bertz CT molecular complexity index is 682. The van der Waals surface area contributed by atoms with Gasteiger partial charge in [0.2, 0.25) is 5.91 Å². The molecular weight excluding hydrogens is 276 g/mol. The van der Waals surface area contributed by atoms with E-state index in [1.54, 1.807) is 6.07 Å². The van der Waals surface area contributed by atoms with Gasteiger partial charge in [0, 0.05) is 12.1 Å². The molecule has 2 N–H and O–H groups in total. The molecule has 2 aromatic carbocycles. The molecule has 2 amide bonds. The first-order chi connectivity index (χ1) is 10.7. The molecular formula is C18H18N2O2. The molecule has 0 fully saturated rings. The number of hydrogen-bond donors (Lipinski definition) is 2. The molecule has 2 aromatic rings. The Balaban J connectivity index is 1.52. The van der Waals surface area contributed by atoms with Crippen LogP contribution in [0.2, 0.25) is 0 Å². The average molecular weight is 294 g/mol. The summed E-state index contributed by atoms with van der Waals surface area (Å²) in [6.45, 7) is 0.602. The van der Waals surface area contributed by atoms with Gasteiger partial charge in [0.05, 0.1) is 12.5 Å². The van der Waals surface area contributed by atoms with E-state index in [9.17, 15) is 9.59 Å². The molecule has 4 heteroatoms. The fraction of sp³-hybridized carbons (Fsp3) is 0.222. The highest BCUT2D eigenvalue weighted by molar-refractivity contribution is 5.99. The monoisotopic (exact) mass is 294 g/mol. The topological polar surface area (TPSA) is 58.2 Å². The predicted molar refractivity (Wildman–Crippen MR) is 84.4 cm³/mol. The molecule has 1 unspecified atom stereocenters. The number of fused-ring (bicyclic) bond motifs is 1. The minimum absolute atomic E-state index is 0.0436. The van der Waals surface area contributed by atoms with Crippen LogP contribution in [0.15, 0.2) is 54.6 Å². The van der Waals surface area contributed by atoms with Crippen LogP contribution in [0.25, 0.3) is 0 Å². The molecule has 22 heavy (non-hydrogen) atoms. The Hall–Kier alpha value is -2.62. The van der Waals surface area contributed by atoms with Crippen molar-refractivity contribution in [2.24, 2.45) is 0 Å². The number of rotatable bonds is 5. The third-order valence-corrected chi connectivity index (χ3v) is 3.85. The quantitative estimate of drug-likeness (QED) is 0.888. The zero-order valence-corrected chi connectivity index (χ0v) is 12.2. The maximum absolute atomic E-state index is 12.0. The molecule has 3 rings (SSSR count). The van der Waals surface area contributed by atoms with Crippen LogP contribution in [0, 0.1) is 0 Å². The molecule has 0 aromatic heterocycles. The summed E-state index contributed by atoms with van der Waals surface area (Å²) in [5, 5.41) is 5.77. The van der Waals surface area contributed by atoms with Crippen molar-refractivity contribution in [2.45, 2.75) is 18.9 Å². The summed E-state index contributed by atoms with van der Waals surface area (Å²) < 4.78 is 0. The molecule has 0 aliphatic carbocycles. The molecule has 1 heterocycles. The predicted octanol–water partition coefficient (Wildman–Crippen LogP) is 2.22. The Labute approximate surface area is 129 Å². The molecule has 1 atom stereocenters. The Kier molecular flexibility index (Phi) is 4.19. The van der Waals surface area contributed by atoms with Gasteiger partial charge in [0.15, 0.2) is 0 Å².